The Hall–Kier alpha value is -1.80. The number of nitrogens with one attached hydrogen (secondary N) is 1. The van der Waals surface area contributed by atoms with Crippen LogP contribution < -0.4 is 11.2 Å². The summed E-state index contributed by atoms with van der Waals surface area (Å²) < 4.78 is 1.42. The minimum absolute atomic E-state index is 0.157. The molecule has 0 atom stereocenters. The van der Waals surface area contributed by atoms with Crippen molar-refractivity contribution >= 4 is 35.1 Å². The van der Waals surface area contributed by atoms with E-state index in [1.807, 2.05) is 20.8 Å². The number of nitrogens with two attached hydrogens (primary N) is 1. The van der Waals surface area contributed by atoms with Gasteiger partial charge in [0.05, 0.1) is 10.8 Å². The Balaban J connectivity index is 1.94. The lowest BCUT2D eigenvalue weighted by Gasteiger charge is -2.16. The first kappa shape index (κ1) is 16.6. The van der Waals surface area contributed by atoms with Crippen LogP contribution in [0.3, 0.4) is 0 Å². The van der Waals surface area contributed by atoms with Gasteiger partial charge < -0.3 is 11.2 Å². The number of carbonyl (C=O) groups is 1. The number of hydrogen-bond acceptors (Lipinski definition) is 6. The van der Waals surface area contributed by atoms with Gasteiger partial charge in [-0.3, -0.25) is 4.79 Å². The molecule has 9 heteroatoms. The predicted octanol–water partition coefficient (Wildman–Crippen LogP) is 2.07. The van der Waals surface area contributed by atoms with Gasteiger partial charge in [-0.1, -0.05) is 44.1 Å². The number of rotatable bonds is 4. The number of anilines is 1. The van der Waals surface area contributed by atoms with Gasteiger partial charge in [-0.05, 0) is 12.1 Å². The topological polar surface area (TPSA) is 98.7 Å². The number of nitrogen functional groups attached to an aromatic ring is 1. The molecule has 1 amide bonds. The van der Waals surface area contributed by atoms with Crippen molar-refractivity contribution in [1.82, 2.24) is 19.9 Å². The van der Waals surface area contributed by atoms with Crippen LogP contribution in [0.2, 0.25) is 5.02 Å². The largest absolute Gasteiger partial charge is 0.336 e. The van der Waals surface area contributed by atoms with Crippen LogP contribution in [0.25, 0.3) is 0 Å². The second-order valence-electron chi connectivity index (χ2n) is 5.62. The van der Waals surface area contributed by atoms with Gasteiger partial charge in [-0.25, -0.2) is 9.66 Å². The lowest BCUT2D eigenvalue weighted by molar-refractivity contribution is -0.113. The highest BCUT2D eigenvalue weighted by Crippen LogP contribution is 2.23. The van der Waals surface area contributed by atoms with E-state index in [2.05, 4.69) is 20.5 Å². The van der Waals surface area contributed by atoms with Gasteiger partial charge in [0.2, 0.25) is 11.1 Å². The van der Waals surface area contributed by atoms with E-state index in [-0.39, 0.29) is 17.1 Å². The van der Waals surface area contributed by atoms with Gasteiger partial charge in [0, 0.05) is 11.6 Å². The highest BCUT2D eigenvalue weighted by molar-refractivity contribution is 7.99. The van der Waals surface area contributed by atoms with Crippen LogP contribution in [0, 0.1) is 0 Å². The molecule has 3 N–H and O–H groups in total. The van der Waals surface area contributed by atoms with E-state index in [1.165, 1.54) is 22.6 Å². The van der Waals surface area contributed by atoms with E-state index < -0.39 is 0 Å². The molecule has 0 aliphatic heterocycles. The summed E-state index contributed by atoms with van der Waals surface area (Å²) in [5.74, 6) is 7.01. The third kappa shape index (κ3) is 4.11. The summed E-state index contributed by atoms with van der Waals surface area (Å²) in [4.78, 5) is 15.9. The van der Waals surface area contributed by atoms with Crippen molar-refractivity contribution < 1.29 is 4.79 Å². The predicted molar refractivity (Wildman–Crippen MR) is 87.5 cm³/mol. The van der Waals surface area contributed by atoms with Crippen molar-refractivity contribution in [2.45, 2.75) is 31.3 Å². The average Bonchev–Trinajstić information content (AvgIpc) is 2.80. The Morgan fingerprint density at radius 1 is 1.41 bits per heavy atom. The zero-order valence-electron chi connectivity index (χ0n) is 12.5. The molecule has 0 aromatic carbocycles. The SMILES string of the molecule is CC(C)(C)c1nnc(SCC(=O)Nc2ccc(Cl)cn2)n1N. The fraction of sp³-hybridized carbons (Fsp3) is 0.385. The van der Waals surface area contributed by atoms with Crippen LogP contribution in [0.4, 0.5) is 5.82 Å². The summed E-state index contributed by atoms with van der Waals surface area (Å²) in [5, 5.41) is 11.7. The number of hydrogen-bond donors (Lipinski definition) is 2. The van der Waals surface area contributed by atoms with Crippen molar-refractivity contribution in [2.75, 3.05) is 16.9 Å². The molecule has 0 unspecified atom stereocenters. The number of halogens is 1. The molecule has 0 fully saturated rings. The lowest BCUT2D eigenvalue weighted by atomic mass is 9.96. The van der Waals surface area contributed by atoms with E-state index >= 15 is 0 Å². The van der Waals surface area contributed by atoms with Crippen molar-refractivity contribution in [3.8, 4) is 0 Å². The Kier molecular flexibility index (Phi) is 4.92. The van der Waals surface area contributed by atoms with E-state index in [9.17, 15) is 4.79 Å². The molecule has 7 nitrogen and oxygen atoms in total. The summed E-state index contributed by atoms with van der Waals surface area (Å²) >= 11 is 6.95. The zero-order valence-corrected chi connectivity index (χ0v) is 14.1. The Morgan fingerprint density at radius 3 is 2.68 bits per heavy atom. The summed E-state index contributed by atoms with van der Waals surface area (Å²) in [6.07, 6.45) is 1.47. The molecule has 0 aliphatic rings. The van der Waals surface area contributed by atoms with Crippen LogP contribution in [0.15, 0.2) is 23.5 Å². The number of carbonyl (C=O) groups excluding carboxylic acids is 1. The molecule has 118 valence electrons. The summed E-state index contributed by atoms with van der Waals surface area (Å²) in [7, 11) is 0. The first-order valence-electron chi connectivity index (χ1n) is 6.52. The zero-order chi connectivity index (χ0) is 16.3. The van der Waals surface area contributed by atoms with E-state index in [4.69, 9.17) is 17.4 Å². The van der Waals surface area contributed by atoms with E-state index in [0.29, 0.717) is 21.8 Å². The average molecular weight is 341 g/mol. The molecular weight excluding hydrogens is 324 g/mol. The van der Waals surface area contributed by atoms with Crippen LogP contribution in [0.1, 0.15) is 26.6 Å². The summed E-state index contributed by atoms with van der Waals surface area (Å²) in [6.45, 7) is 5.98. The molecule has 0 saturated carbocycles. The third-order valence-corrected chi connectivity index (χ3v) is 3.83. The molecule has 2 aromatic rings. The Labute approximate surface area is 137 Å². The second kappa shape index (κ2) is 6.53. The van der Waals surface area contributed by atoms with E-state index in [0.717, 1.165) is 0 Å². The lowest BCUT2D eigenvalue weighted by Crippen LogP contribution is -2.24. The van der Waals surface area contributed by atoms with Crippen LogP contribution in [0.5, 0.6) is 0 Å². The number of aromatic nitrogens is 4. The first-order chi connectivity index (χ1) is 10.3. The van der Waals surface area contributed by atoms with Gasteiger partial charge in [-0.2, -0.15) is 0 Å². The van der Waals surface area contributed by atoms with Crippen LogP contribution in [-0.4, -0.2) is 31.5 Å². The van der Waals surface area contributed by atoms with Crippen LogP contribution in [-0.2, 0) is 10.2 Å². The van der Waals surface area contributed by atoms with Crippen molar-refractivity contribution in [1.29, 1.82) is 0 Å². The molecule has 0 spiro atoms. The smallest absolute Gasteiger partial charge is 0.236 e. The van der Waals surface area contributed by atoms with Gasteiger partial charge in [-0.15, -0.1) is 10.2 Å². The Bertz CT molecular complexity index is 664. The molecular formula is C13H17ClN6OS. The minimum Gasteiger partial charge on any atom is -0.336 e. The molecule has 2 rings (SSSR count). The third-order valence-electron chi connectivity index (χ3n) is 2.66. The fourth-order valence-electron chi connectivity index (χ4n) is 1.65. The molecule has 0 radical (unpaired) electrons. The maximum atomic E-state index is 11.9. The highest BCUT2D eigenvalue weighted by atomic mass is 35.5. The van der Waals surface area contributed by atoms with Crippen LogP contribution >= 0.6 is 23.4 Å². The van der Waals surface area contributed by atoms with Crippen molar-refractivity contribution in [3.63, 3.8) is 0 Å². The number of amides is 1. The number of nitrogens with zero attached hydrogens (tertiary/aromatic N) is 4. The monoisotopic (exact) mass is 340 g/mol. The van der Waals surface area contributed by atoms with Gasteiger partial charge in [0.15, 0.2) is 5.82 Å². The number of thioether (sulfide) groups is 1. The molecule has 0 aliphatic carbocycles. The molecule has 22 heavy (non-hydrogen) atoms. The van der Waals surface area contributed by atoms with Gasteiger partial charge >= 0.3 is 0 Å². The molecule has 0 bridgehead atoms. The second-order valence-corrected chi connectivity index (χ2v) is 7.00. The van der Waals surface area contributed by atoms with Gasteiger partial charge in [0.25, 0.3) is 0 Å². The van der Waals surface area contributed by atoms with Crippen molar-refractivity contribution in [3.05, 3.63) is 29.2 Å². The standard InChI is InChI=1S/C13H17ClN6OS/c1-13(2,3)11-18-19-12(20(11)15)22-7-10(21)17-9-5-4-8(14)6-16-9/h4-6H,7,15H2,1-3H3,(H,16,17,21). The highest BCUT2D eigenvalue weighted by Gasteiger charge is 2.23. The minimum atomic E-state index is -0.212. The summed E-state index contributed by atoms with van der Waals surface area (Å²) in [5.41, 5.74) is -0.212. The Morgan fingerprint density at radius 2 is 2.14 bits per heavy atom. The van der Waals surface area contributed by atoms with E-state index in [1.54, 1.807) is 12.1 Å². The molecule has 2 heterocycles. The molecule has 2 aromatic heterocycles. The fourth-order valence-corrected chi connectivity index (χ4v) is 2.41. The maximum absolute atomic E-state index is 11.9. The normalized spacial score (nSPS) is 11.5. The summed E-state index contributed by atoms with van der Waals surface area (Å²) in [6, 6.07) is 3.29. The molecule has 0 saturated heterocycles. The first-order valence-corrected chi connectivity index (χ1v) is 7.89. The van der Waals surface area contributed by atoms with Crippen molar-refractivity contribution in [2.24, 2.45) is 0 Å². The number of pyridine rings is 1. The maximum Gasteiger partial charge on any atom is 0.236 e. The van der Waals surface area contributed by atoms with Gasteiger partial charge in [0.1, 0.15) is 5.82 Å². The quantitative estimate of drug-likeness (QED) is 0.653.